The SMILES string of the molecule is [3H]C#Cc1ccc(C)cc1OC(=O)OC(C)(C)C. The molecule has 0 aliphatic rings. The van der Waals surface area contributed by atoms with E-state index >= 15 is 0 Å². The van der Waals surface area contributed by atoms with Crippen LogP contribution in [0.5, 0.6) is 5.75 Å². The molecule has 0 aromatic heterocycles. The molecule has 0 saturated carbocycles. The van der Waals surface area contributed by atoms with E-state index in [1.54, 1.807) is 32.9 Å². The minimum absolute atomic E-state index is 0.309. The Morgan fingerprint density at radius 2 is 2.18 bits per heavy atom. The van der Waals surface area contributed by atoms with Gasteiger partial charge in [0.2, 0.25) is 0 Å². The Hall–Kier alpha value is -1.95. The summed E-state index contributed by atoms with van der Waals surface area (Å²) in [5.74, 6) is 2.86. The summed E-state index contributed by atoms with van der Waals surface area (Å²) in [7, 11) is 0. The lowest BCUT2D eigenvalue weighted by Crippen LogP contribution is -2.26. The van der Waals surface area contributed by atoms with Gasteiger partial charge in [0.15, 0.2) is 0 Å². The van der Waals surface area contributed by atoms with Crippen LogP contribution in [0.3, 0.4) is 0 Å². The molecule has 0 radical (unpaired) electrons. The van der Waals surface area contributed by atoms with Gasteiger partial charge in [0.1, 0.15) is 12.7 Å². The van der Waals surface area contributed by atoms with Crippen LogP contribution in [0.4, 0.5) is 4.79 Å². The van der Waals surface area contributed by atoms with Crippen molar-refractivity contribution in [3.63, 3.8) is 0 Å². The fourth-order valence-electron chi connectivity index (χ4n) is 1.18. The lowest BCUT2D eigenvalue weighted by molar-refractivity contribution is 0.0205. The predicted molar refractivity (Wildman–Crippen MR) is 66.0 cm³/mol. The first kappa shape index (κ1) is 11.5. The molecular weight excluding hydrogens is 216 g/mol. The number of hydrogen-bond acceptors (Lipinski definition) is 3. The number of ether oxygens (including phenoxy) is 2. The van der Waals surface area contributed by atoms with Gasteiger partial charge in [0.25, 0.3) is 0 Å². The Bertz CT molecular complexity index is 504. The van der Waals surface area contributed by atoms with Gasteiger partial charge in [-0.1, -0.05) is 12.0 Å². The van der Waals surface area contributed by atoms with E-state index in [9.17, 15) is 4.79 Å². The summed E-state index contributed by atoms with van der Waals surface area (Å²) in [6.45, 7) is 7.15. The van der Waals surface area contributed by atoms with Crippen LogP contribution < -0.4 is 4.74 Å². The zero-order valence-electron chi connectivity index (χ0n) is 11.5. The molecule has 3 nitrogen and oxygen atoms in total. The fraction of sp³-hybridized carbons (Fsp3) is 0.357. The van der Waals surface area contributed by atoms with Gasteiger partial charge in [0, 0.05) is 0 Å². The van der Waals surface area contributed by atoms with Gasteiger partial charge in [0.05, 0.1) is 5.56 Å². The molecule has 0 saturated heterocycles. The first-order valence-corrected chi connectivity index (χ1v) is 5.26. The molecule has 0 aliphatic carbocycles. The van der Waals surface area contributed by atoms with Crippen molar-refractivity contribution in [2.45, 2.75) is 33.3 Å². The molecule has 0 unspecified atom stereocenters. The van der Waals surface area contributed by atoms with Crippen molar-refractivity contribution in [3.05, 3.63) is 29.3 Å². The Morgan fingerprint density at radius 1 is 1.47 bits per heavy atom. The molecular formula is C14H16O3. The molecule has 0 fully saturated rings. The molecule has 17 heavy (non-hydrogen) atoms. The quantitative estimate of drug-likeness (QED) is 0.425. The van der Waals surface area contributed by atoms with Gasteiger partial charge < -0.3 is 9.47 Å². The van der Waals surface area contributed by atoms with E-state index in [4.69, 9.17) is 10.8 Å². The van der Waals surface area contributed by atoms with Gasteiger partial charge in [-0.2, -0.15) is 0 Å². The summed E-state index contributed by atoms with van der Waals surface area (Å²) in [5.41, 5.74) is 0.813. The van der Waals surface area contributed by atoms with E-state index in [1.165, 1.54) is 0 Å². The van der Waals surface area contributed by atoms with Crippen molar-refractivity contribution in [2.75, 3.05) is 0 Å². The lowest BCUT2D eigenvalue weighted by atomic mass is 10.1. The molecule has 0 spiro atoms. The molecule has 0 amide bonds. The highest BCUT2D eigenvalue weighted by atomic mass is 16.7. The number of hydrogen-bond donors (Lipinski definition) is 0. The predicted octanol–water partition coefficient (Wildman–Crippen LogP) is 3.29. The van der Waals surface area contributed by atoms with E-state index < -0.39 is 11.8 Å². The maximum atomic E-state index is 11.6. The first-order valence-electron chi connectivity index (χ1n) is 5.76. The van der Waals surface area contributed by atoms with Gasteiger partial charge in [-0.05, 0) is 45.4 Å². The summed E-state index contributed by atoms with van der Waals surface area (Å²) in [6.07, 6.45) is 1.26. The zero-order chi connectivity index (χ0) is 13.8. The standard InChI is InChI=1S/C14H16O3/c1-6-11-8-7-10(2)9-12(11)16-13(15)17-14(3,4)5/h1,7-9H,2-5H3/i1T. The van der Waals surface area contributed by atoms with Crippen LogP contribution in [0, 0.1) is 19.2 Å². The third kappa shape index (κ3) is 4.20. The minimum atomic E-state index is -0.777. The second kappa shape index (κ2) is 4.92. The van der Waals surface area contributed by atoms with Crippen molar-refractivity contribution >= 4 is 6.16 Å². The van der Waals surface area contributed by atoms with Crippen molar-refractivity contribution < 1.29 is 15.6 Å². The number of carbonyl (C=O) groups excluding carboxylic acids is 1. The summed E-state index contributed by atoms with van der Waals surface area (Å²) >= 11 is 0. The average Bonchev–Trinajstić information content (AvgIpc) is 2.19. The maximum Gasteiger partial charge on any atom is 0.514 e. The Morgan fingerprint density at radius 3 is 2.76 bits per heavy atom. The second-order valence-corrected chi connectivity index (χ2v) is 4.69. The molecule has 90 valence electrons. The van der Waals surface area contributed by atoms with Crippen molar-refractivity contribution in [2.24, 2.45) is 0 Å². The highest BCUT2D eigenvalue weighted by Crippen LogP contribution is 2.20. The van der Waals surface area contributed by atoms with Crippen molar-refractivity contribution in [3.8, 4) is 18.1 Å². The number of benzene rings is 1. The smallest absolute Gasteiger partial charge is 0.428 e. The summed E-state index contributed by atoms with van der Waals surface area (Å²) in [4.78, 5) is 11.6. The Kier molecular flexibility index (Phi) is 3.34. The summed E-state index contributed by atoms with van der Waals surface area (Å²) < 4.78 is 17.1. The van der Waals surface area contributed by atoms with E-state index in [0.717, 1.165) is 5.56 Å². The maximum absolute atomic E-state index is 11.6. The number of carbonyl (C=O) groups is 1. The molecule has 1 aromatic rings. The number of terminal acetylenes is 1. The van der Waals surface area contributed by atoms with Crippen LogP contribution in [-0.2, 0) is 4.74 Å². The highest BCUT2D eigenvalue weighted by Gasteiger charge is 2.18. The zero-order valence-corrected chi connectivity index (χ0v) is 10.5. The molecule has 3 heteroatoms. The molecule has 0 aliphatic heterocycles. The van der Waals surface area contributed by atoms with Crippen LogP contribution >= 0.6 is 0 Å². The largest absolute Gasteiger partial charge is 0.514 e. The number of aryl methyl sites for hydroxylation is 1. The molecule has 0 N–H and O–H groups in total. The van der Waals surface area contributed by atoms with E-state index in [-0.39, 0.29) is 0 Å². The van der Waals surface area contributed by atoms with Gasteiger partial charge in [-0.3, -0.25) is 0 Å². The molecule has 0 heterocycles. The monoisotopic (exact) mass is 234 g/mol. The van der Waals surface area contributed by atoms with E-state index in [1.807, 2.05) is 19.4 Å². The Balaban J connectivity index is 2.91. The van der Waals surface area contributed by atoms with Gasteiger partial charge in [-0.25, -0.2) is 4.79 Å². The average molecular weight is 234 g/mol. The second-order valence-electron chi connectivity index (χ2n) is 4.69. The molecule has 1 aromatic carbocycles. The van der Waals surface area contributed by atoms with Gasteiger partial charge >= 0.3 is 6.16 Å². The lowest BCUT2D eigenvalue weighted by Gasteiger charge is -2.19. The summed E-state index contributed by atoms with van der Waals surface area (Å²) in [6, 6.07) is 5.22. The topological polar surface area (TPSA) is 35.5 Å². The normalized spacial score (nSPS) is 10.9. The van der Waals surface area contributed by atoms with E-state index in [2.05, 4.69) is 5.92 Å². The summed E-state index contributed by atoms with van der Waals surface area (Å²) in [5, 5.41) is 0. The van der Waals surface area contributed by atoms with E-state index in [0.29, 0.717) is 11.3 Å². The molecule has 1 rings (SSSR count). The highest BCUT2D eigenvalue weighted by molar-refractivity contribution is 5.66. The third-order valence-corrected chi connectivity index (χ3v) is 1.85. The van der Waals surface area contributed by atoms with Crippen LogP contribution in [0.25, 0.3) is 0 Å². The van der Waals surface area contributed by atoms with Gasteiger partial charge in [-0.15, -0.1) is 6.40 Å². The molecule has 0 bridgehead atoms. The Labute approximate surface area is 103 Å². The fourth-order valence-corrected chi connectivity index (χ4v) is 1.18. The van der Waals surface area contributed by atoms with Crippen LogP contribution in [-0.4, -0.2) is 11.8 Å². The molecule has 0 atom stereocenters. The van der Waals surface area contributed by atoms with Crippen LogP contribution in [0.1, 0.15) is 33.3 Å². The van der Waals surface area contributed by atoms with Crippen molar-refractivity contribution in [1.29, 1.82) is 0 Å². The first-order chi connectivity index (χ1) is 8.31. The number of rotatable bonds is 1. The van der Waals surface area contributed by atoms with Crippen molar-refractivity contribution in [1.82, 2.24) is 0 Å². The third-order valence-electron chi connectivity index (χ3n) is 1.85. The van der Waals surface area contributed by atoms with Crippen LogP contribution in [0.15, 0.2) is 18.2 Å². The van der Waals surface area contributed by atoms with Crippen LogP contribution in [0.2, 0.25) is 0 Å². The minimum Gasteiger partial charge on any atom is -0.428 e.